The fourth-order valence-electron chi connectivity index (χ4n) is 2.59. The van der Waals surface area contributed by atoms with E-state index in [4.69, 9.17) is 0 Å². The Bertz CT molecular complexity index is 730. The second-order valence-corrected chi connectivity index (χ2v) is 5.33. The number of hydrogen-bond donors (Lipinski definition) is 1. The van der Waals surface area contributed by atoms with Crippen molar-refractivity contribution in [3.63, 3.8) is 0 Å². The number of hydrogen-bond acceptors (Lipinski definition) is 3. The summed E-state index contributed by atoms with van der Waals surface area (Å²) in [7, 11) is 0. The van der Waals surface area contributed by atoms with Crippen molar-refractivity contribution in [2.24, 2.45) is 0 Å². The number of rotatable bonds is 3. The van der Waals surface area contributed by atoms with Crippen LogP contribution in [0.1, 0.15) is 24.2 Å². The van der Waals surface area contributed by atoms with Gasteiger partial charge in [-0.15, -0.1) is 0 Å². The number of amides is 1. The third kappa shape index (κ3) is 2.74. The molecule has 0 atom stereocenters. The van der Waals surface area contributed by atoms with E-state index in [0.29, 0.717) is 6.54 Å². The van der Waals surface area contributed by atoms with Crippen LogP contribution in [0.15, 0.2) is 29.1 Å². The lowest BCUT2D eigenvalue weighted by Crippen LogP contribution is -2.31. The molecule has 6 nitrogen and oxygen atoms in total. The van der Waals surface area contributed by atoms with Gasteiger partial charge in [-0.3, -0.25) is 9.36 Å². The van der Waals surface area contributed by atoms with E-state index < -0.39 is 0 Å². The third-order valence-corrected chi connectivity index (χ3v) is 3.74. The molecule has 0 radical (unpaired) electrons. The molecule has 3 rings (SSSR count). The van der Waals surface area contributed by atoms with Gasteiger partial charge in [-0.2, -0.15) is 5.10 Å². The number of para-hydroxylation sites is 1. The highest BCUT2D eigenvalue weighted by Gasteiger charge is 2.18. The highest BCUT2D eigenvalue weighted by atomic mass is 16.2. The maximum Gasteiger partial charge on any atom is 0.346 e. The Balaban J connectivity index is 1.75. The smallest absolute Gasteiger partial charge is 0.324 e. The van der Waals surface area contributed by atoms with E-state index in [0.717, 1.165) is 36.3 Å². The molecule has 21 heavy (non-hydrogen) atoms. The van der Waals surface area contributed by atoms with Crippen molar-refractivity contribution in [1.82, 2.24) is 14.3 Å². The van der Waals surface area contributed by atoms with E-state index in [2.05, 4.69) is 10.4 Å². The molecule has 2 aromatic rings. The molecule has 1 N–H and O–H groups in total. The molecule has 2 heterocycles. The molecule has 0 bridgehead atoms. The normalized spacial score (nSPS) is 13.8. The van der Waals surface area contributed by atoms with Gasteiger partial charge in [0.1, 0.15) is 12.4 Å². The Morgan fingerprint density at radius 1 is 1.33 bits per heavy atom. The molecule has 1 aliphatic rings. The van der Waals surface area contributed by atoms with Gasteiger partial charge in [-0.25, -0.2) is 9.48 Å². The molecule has 0 spiro atoms. The molecule has 0 saturated heterocycles. The third-order valence-electron chi connectivity index (χ3n) is 3.74. The molecule has 6 heteroatoms. The van der Waals surface area contributed by atoms with E-state index in [1.165, 1.54) is 4.68 Å². The largest absolute Gasteiger partial charge is 0.346 e. The van der Waals surface area contributed by atoms with E-state index >= 15 is 0 Å². The lowest BCUT2D eigenvalue weighted by atomic mass is 10.2. The Morgan fingerprint density at radius 2 is 2.14 bits per heavy atom. The minimum absolute atomic E-state index is 0.0484. The van der Waals surface area contributed by atoms with Crippen LogP contribution in [0.5, 0.6) is 0 Å². The molecule has 1 aromatic heterocycles. The summed E-state index contributed by atoms with van der Waals surface area (Å²) in [6.45, 7) is 2.58. The van der Waals surface area contributed by atoms with Crippen LogP contribution in [0.4, 0.5) is 5.69 Å². The fourth-order valence-corrected chi connectivity index (χ4v) is 2.59. The van der Waals surface area contributed by atoms with E-state index in [1.807, 2.05) is 31.2 Å². The molecular weight excluding hydrogens is 268 g/mol. The zero-order chi connectivity index (χ0) is 14.8. The fraction of sp³-hybridized carbons (Fsp3) is 0.400. The molecule has 0 aliphatic carbocycles. The summed E-state index contributed by atoms with van der Waals surface area (Å²) in [5.74, 6) is 0.553. The number of aryl methyl sites for hydroxylation is 2. The van der Waals surface area contributed by atoms with Gasteiger partial charge in [0.05, 0.1) is 0 Å². The van der Waals surface area contributed by atoms with Crippen molar-refractivity contribution in [3.05, 3.63) is 46.1 Å². The average molecular weight is 286 g/mol. The number of benzene rings is 1. The van der Waals surface area contributed by atoms with E-state index in [9.17, 15) is 9.59 Å². The van der Waals surface area contributed by atoms with Crippen LogP contribution in [0.25, 0.3) is 0 Å². The summed E-state index contributed by atoms with van der Waals surface area (Å²) in [5.41, 5.74) is 1.56. The van der Waals surface area contributed by atoms with Crippen LogP contribution in [-0.4, -0.2) is 20.3 Å². The first kappa shape index (κ1) is 13.6. The zero-order valence-electron chi connectivity index (χ0n) is 12.0. The van der Waals surface area contributed by atoms with Crippen molar-refractivity contribution in [1.29, 1.82) is 0 Å². The molecule has 110 valence electrons. The molecule has 1 aromatic carbocycles. The van der Waals surface area contributed by atoms with Crippen molar-refractivity contribution in [2.75, 3.05) is 5.32 Å². The highest BCUT2D eigenvalue weighted by molar-refractivity contribution is 5.91. The summed E-state index contributed by atoms with van der Waals surface area (Å²) in [4.78, 5) is 24.2. The maximum absolute atomic E-state index is 12.2. The van der Waals surface area contributed by atoms with Crippen LogP contribution in [0.3, 0.4) is 0 Å². The molecule has 0 fully saturated rings. The van der Waals surface area contributed by atoms with Gasteiger partial charge in [-0.1, -0.05) is 18.2 Å². The van der Waals surface area contributed by atoms with Gasteiger partial charge < -0.3 is 5.32 Å². The van der Waals surface area contributed by atoms with Crippen LogP contribution >= 0.6 is 0 Å². The number of nitrogens with zero attached hydrogens (tertiary/aromatic N) is 3. The first-order valence-electron chi connectivity index (χ1n) is 7.17. The Kier molecular flexibility index (Phi) is 3.60. The number of carbonyl (C=O) groups excluding carboxylic acids is 1. The van der Waals surface area contributed by atoms with Gasteiger partial charge in [0.15, 0.2) is 0 Å². The average Bonchev–Trinajstić information content (AvgIpc) is 2.78. The topological polar surface area (TPSA) is 68.9 Å². The van der Waals surface area contributed by atoms with Crippen LogP contribution in [0, 0.1) is 6.92 Å². The Hall–Kier alpha value is -2.37. The van der Waals surface area contributed by atoms with E-state index in [-0.39, 0.29) is 18.1 Å². The predicted molar refractivity (Wildman–Crippen MR) is 79.2 cm³/mol. The van der Waals surface area contributed by atoms with Crippen molar-refractivity contribution in [3.8, 4) is 0 Å². The molecule has 0 saturated carbocycles. The number of aromatic nitrogens is 3. The lowest BCUT2D eigenvalue weighted by molar-refractivity contribution is -0.117. The van der Waals surface area contributed by atoms with E-state index in [1.54, 1.807) is 4.57 Å². The standard InChI is InChI=1S/C15H18N4O2/c1-11-6-2-3-7-12(11)16-14(20)10-19-15(21)18-9-5-4-8-13(18)17-19/h2-3,6-7H,4-5,8-10H2,1H3,(H,16,20). The van der Waals surface area contributed by atoms with Gasteiger partial charge >= 0.3 is 5.69 Å². The minimum Gasteiger partial charge on any atom is -0.324 e. The minimum atomic E-state index is -0.234. The number of anilines is 1. The number of nitrogens with one attached hydrogen (secondary N) is 1. The lowest BCUT2D eigenvalue weighted by Gasteiger charge is -2.09. The van der Waals surface area contributed by atoms with Crippen LogP contribution < -0.4 is 11.0 Å². The first-order valence-corrected chi connectivity index (χ1v) is 7.17. The van der Waals surface area contributed by atoms with Crippen LogP contribution in [0.2, 0.25) is 0 Å². The van der Waals surface area contributed by atoms with Crippen molar-refractivity contribution in [2.45, 2.75) is 39.3 Å². The quantitative estimate of drug-likeness (QED) is 0.925. The highest BCUT2D eigenvalue weighted by Crippen LogP contribution is 2.13. The second-order valence-electron chi connectivity index (χ2n) is 5.33. The summed E-state index contributed by atoms with van der Waals surface area (Å²) < 4.78 is 2.93. The predicted octanol–water partition coefficient (Wildman–Crippen LogP) is 1.33. The van der Waals surface area contributed by atoms with Gasteiger partial charge in [0.25, 0.3) is 0 Å². The summed E-state index contributed by atoms with van der Waals surface area (Å²) in [5, 5.41) is 7.08. The Labute approximate surface area is 122 Å². The van der Waals surface area contributed by atoms with Gasteiger partial charge in [0.2, 0.25) is 5.91 Å². The molecular formula is C15H18N4O2. The summed E-state index contributed by atoms with van der Waals surface area (Å²) >= 11 is 0. The van der Waals surface area contributed by atoms with Crippen molar-refractivity contribution < 1.29 is 4.79 Å². The number of fused-ring (bicyclic) bond motifs is 1. The first-order chi connectivity index (χ1) is 10.1. The monoisotopic (exact) mass is 286 g/mol. The Morgan fingerprint density at radius 3 is 2.90 bits per heavy atom. The molecule has 0 unspecified atom stereocenters. The van der Waals surface area contributed by atoms with Gasteiger partial charge in [0, 0.05) is 18.7 Å². The molecule has 1 amide bonds. The van der Waals surface area contributed by atoms with Crippen LogP contribution in [-0.2, 0) is 24.3 Å². The van der Waals surface area contributed by atoms with Crippen molar-refractivity contribution >= 4 is 11.6 Å². The SMILES string of the molecule is Cc1ccccc1NC(=O)Cn1nc2n(c1=O)CCCC2. The molecule has 1 aliphatic heterocycles. The number of carbonyl (C=O) groups is 1. The summed E-state index contributed by atoms with van der Waals surface area (Å²) in [6.07, 6.45) is 2.85. The summed E-state index contributed by atoms with van der Waals surface area (Å²) in [6, 6.07) is 7.55. The van der Waals surface area contributed by atoms with Gasteiger partial charge in [-0.05, 0) is 31.4 Å². The zero-order valence-corrected chi connectivity index (χ0v) is 12.0. The second kappa shape index (κ2) is 5.55. The maximum atomic E-state index is 12.2.